The van der Waals surface area contributed by atoms with E-state index in [0.29, 0.717) is 12.8 Å². The van der Waals surface area contributed by atoms with Crippen molar-refractivity contribution in [2.75, 3.05) is 31.5 Å². The summed E-state index contributed by atoms with van der Waals surface area (Å²) >= 11 is 0. The number of nitrogens with zero attached hydrogens (tertiary/aromatic N) is 3. The van der Waals surface area contributed by atoms with Crippen molar-refractivity contribution < 1.29 is 8.42 Å². The molecule has 0 atom stereocenters. The molecule has 1 aromatic heterocycles. The summed E-state index contributed by atoms with van der Waals surface area (Å²) < 4.78 is 26.0. The number of hydrogen-bond acceptors (Lipinski definition) is 4. The molecule has 5 nitrogen and oxygen atoms in total. The van der Waals surface area contributed by atoms with Crippen molar-refractivity contribution in [3.63, 3.8) is 0 Å². The maximum atomic E-state index is 12.7. The van der Waals surface area contributed by atoms with Gasteiger partial charge in [0.2, 0.25) is 10.0 Å². The highest BCUT2D eigenvalue weighted by Crippen LogP contribution is 2.50. The standard InChI is InChI=1S/C12H17N3O2S/c1-14-8-5-12(6-9-14)11-10(4-3-7-13-11)15(2)18(12,16)17/h3-4,7H,5-6,8-9H2,1-2H3. The van der Waals surface area contributed by atoms with Crippen LogP contribution in [0.2, 0.25) is 0 Å². The van der Waals surface area contributed by atoms with Crippen molar-refractivity contribution in [1.82, 2.24) is 9.88 Å². The van der Waals surface area contributed by atoms with Gasteiger partial charge >= 0.3 is 0 Å². The molecule has 0 bridgehead atoms. The molecule has 0 aromatic carbocycles. The third-order valence-electron chi connectivity index (χ3n) is 4.21. The predicted octanol–water partition coefficient (Wildman–Crippen LogP) is 0.782. The maximum absolute atomic E-state index is 12.7. The van der Waals surface area contributed by atoms with Gasteiger partial charge in [-0.2, -0.15) is 0 Å². The number of sulfonamides is 1. The van der Waals surface area contributed by atoms with Crippen LogP contribution in [0.25, 0.3) is 0 Å². The zero-order valence-corrected chi connectivity index (χ0v) is 11.4. The summed E-state index contributed by atoms with van der Waals surface area (Å²) in [6.07, 6.45) is 2.94. The second-order valence-corrected chi connectivity index (χ2v) is 7.42. The van der Waals surface area contributed by atoms with Crippen molar-refractivity contribution >= 4 is 15.7 Å². The molecule has 1 saturated heterocycles. The molecule has 18 heavy (non-hydrogen) atoms. The number of hydrogen-bond donors (Lipinski definition) is 0. The van der Waals surface area contributed by atoms with Crippen LogP contribution in [0.1, 0.15) is 18.5 Å². The van der Waals surface area contributed by atoms with Gasteiger partial charge in [0.05, 0.1) is 11.4 Å². The minimum atomic E-state index is -3.33. The summed E-state index contributed by atoms with van der Waals surface area (Å²) in [4.78, 5) is 6.54. The molecule has 6 heteroatoms. The third kappa shape index (κ3) is 1.30. The molecule has 1 spiro atoms. The fraction of sp³-hybridized carbons (Fsp3) is 0.583. The van der Waals surface area contributed by atoms with Crippen LogP contribution in [0.4, 0.5) is 5.69 Å². The van der Waals surface area contributed by atoms with E-state index in [1.807, 2.05) is 13.1 Å². The second-order valence-electron chi connectivity index (χ2n) is 5.14. The average molecular weight is 267 g/mol. The molecule has 0 saturated carbocycles. The second kappa shape index (κ2) is 3.68. The maximum Gasteiger partial charge on any atom is 0.246 e. The highest BCUT2D eigenvalue weighted by atomic mass is 32.2. The number of likely N-dealkylation sites (tertiary alicyclic amines) is 1. The van der Waals surface area contributed by atoms with Crippen molar-refractivity contribution in [3.8, 4) is 0 Å². The Morgan fingerprint density at radius 2 is 1.94 bits per heavy atom. The Labute approximate surface area is 107 Å². The Bertz CT molecular complexity index is 577. The average Bonchev–Trinajstić information content (AvgIpc) is 2.53. The Morgan fingerprint density at radius 3 is 2.61 bits per heavy atom. The summed E-state index contributed by atoms with van der Waals surface area (Å²) in [5.74, 6) is 0. The van der Waals surface area contributed by atoms with E-state index < -0.39 is 14.8 Å². The molecule has 1 fully saturated rings. The summed E-state index contributed by atoms with van der Waals surface area (Å²) in [5.41, 5.74) is 1.47. The number of rotatable bonds is 0. The first-order valence-electron chi connectivity index (χ1n) is 6.11. The molecule has 0 N–H and O–H groups in total. The topological polar surface area (TPSA) is 53.5 Å². The van der Waals surface area contributed by atoms with Crippen LogP contribution >= 0.6 is 0 Å². The molecule has 0 radical (unpaired) electrons. The van der Waals surface area contributed by atoms with E-state index in [1.165, 1.54) is 4.31 Å². The zero-order valence-electron chi connectivity index (χ0n) is 10.6. The highest BCUT2D eigenvalue weighted by Gasteiger charge is 2.56. The van der Waals surface area contributed by atoms with Gasteiger partial charge in [-0.25, -0.2) is 8.42 Å². The Balaban J connectivity index is 2.19. The molecule has 0 amide bonds. The van der Waals surface area contributed by atoms with E-state index in [0.717, 1.165) is 24.5 Å². The minimum absolute atomic E-state index is 0.625. The smallest absolute Gasteiger partial charge is 0.246 e. The summed E-state index contributed by atoms with van der Waals surface area (Å²) in [7, 11) is 0.326. The van der Waals surface area contributed by atoms with Crippen molar-refractivity contribution in [1.29, 1.82) is 0 Å². The predicted molar refractivity (Wildman–Crippen MR) is 70.0 cm³/mol. The van der Waals surface area contributed by atoms with Crippen molar-refractivity contribution in [2.24, 2.45) is 0 Å². The number of pyridine rings is 1. The summed E-state index contributed by atoms with van der Waals surface area (Å²) in [6, 6.07) is 3.63. The fourth-order valence-corrected chi connectivity index (χ4v) is 5.02. The van der Waals surface area contributed by atoms with Gasteiger partial charge in [0.1, 0.15) is 4.75 Å². The lowest BCUT2D eigenvalue weighted by molar-refractivity contribution is 0.232. The van der Waals surface area contributed by atoms with E-state index in [-0.39, 0.29) is 0 Å². The molecule has 3 rings (SSSR count). The molecule has 2 aliphatic heterocycles. The lowest BCUT2D eigenvalue weighted by Gasteiger charge is -2.36. The van der Waals surface area contributed by atoms with Gasteiger partial charge in [-0.05, 0) is 45.1 Å². The molecule has 98 valence electrons. The number of fused-ring (bicyclic) bond motifs is 2. The molecule has 0 unspecified atom stereocenters. The van der Waals surface area contributed by atoms with Gasteiger partial charge in [0.15, 0.2) is 0 Å². The van der Waals surface area contributed by atoms with Gasteiger partial charge in [0, 0.05) is 13.2 Å². The SMILES string of the molecule is CN1CCC2(CC1)c1ncccc1N(C)S2(=O)=O. The van der Waals surface area contributed by atoms with Crippen LogP contribution in [0.3, 0.4) is 0 Å². The summed E-state index contributed by atoms with van der Waals surface area (Å²) in [6.45, 7) is 1.59. The van der Waals surface area contributed by atoms with Gasteiger partial charge in [-0.3, -0.25) is 9.29 Å². The normalized spacial score (nSPS) is 25.3. The van der Waals surface area contributed by atoms with Gasteiger partial charge in [-0.15, -0.1) is 0 Å². The first-order valence-corrected chi connectivity index (χ1v) is 7.55. The minimum Gasteiger partial charge on any atom is -0.306 e. The number of anilines is 1. The van der Waals surface area contributed by atoms with E-state index in [4.69, 9.17) is 0 Å². The molecular formula is C12H17N3O2S. The Hall–Kier alpha value is -1.14. The Morgan fingerprint density at radius 1 is 1.28 bits per heavy atom. The van der Waals surface area contributed by atoms with Crippen LogP contribution in [-0.4, -0.2) is 45.5 Å². The van der Waals surface area contributed by atoms with Gasteiger partial charge < -0.3 is 4.90 Å². The quantitative estimate of drug-likeness (QED) is 0.697. The van der Waals surface area contributed by atoms with Crippen molar-refractivity contribution in [2.45, 2.75) is 17.6 Å². The summed E-state index contributed by atoms with van der Waals surface area (Å²) in [5, 5.41) is 0. The number of piperidine rings is 1. The van der Waals surface area contributed by atoms with Crippen LogP contribution in [-0.2, 0) is 14.8 Å². The monoisotopic (exact) mass is 267 g/mol. The van der Waals surface area contributed by atoms with Crippen LogP contribution in [0, 0.1) is 0 Å². The molecule has 0 aliphatic carbocycles. The third-order valence-corrected chi connectivity index (χ3v) is 6.71. The highest BCUT2D eigenvalue weighted by molar-refractivity contribution is 7.94. The van der Waals surface area contributed by atoms with Gasteiger partial charge in [0.25, 0.3) is 0 Å². The van der Waals surface area contributed by atoms with Crippen LogP contribution in [0.5, 0.6) is 0 Å². The van der Waals surface area contributed by atoms with E-state index in [1.54, 1.807) is 19.3 Å². The fourth-order valence-electron chi connectivity index (χ4n) is 2.99. The van der Waals surface area contributed by atoms with Crippen LogP contribution in [0.15, 0.2) is 18.3 Å². The van der Waals surface area contributed by atoms with Crippen LogP contribution < -0.4 is 4.31 Å². The van der Waals surface area contributed by atoms with Crippen molar-refractivity contribution in [3.05, 3.63) is 24.0 Å². The molecular weight excluding hydrogens is 250 g/mol. The van der Waals surface area contributed by atoms with Gasteiger partial charge in [-0.1, -0.05) is 0 Å². The van der Waals surface area contributed by atoms with E-state index in [9.17, 15) is 8.42 Å². The lowest BCUT2D eigenvalue weighted by atomic mass is 9.91. The largest absolute Gasteiger partial charge is 0.306 e. The first kappa shape index (κ1) is 11.9. The zero-order chi connectivity index (χ0) is 13.0. The van der Waals surface area contributed by atoms with E-state index in [2.05, 4.69) is 9.88 Å². The Kier molecular flexibility index (Phi) is 2.44. The molecule has 2 aliphatic rings. The van der Waals surface area contributed by atoms with E-state index >= 15 is 0 Å². The number of aromatic nitrogens is 1. The molecule has 1 aromatic rings. The lowest BCUT2D eigenvalue weighted by Crippen LogP contribution is -2.46. The molecule has 3 heterocycles. The first-order chi connectivity index (χ1) is 8.49.